The Morgan fingerprint density at radius 2 is 2.04 bits per heavy atom. The van der Waals surface area contributed by atoms with Crippen LogP contribution in [0.3, 0.4) is 0 Å². The van der Waals surface area contributed by atoms with Crippen LogP contribution in [0.1, 0.15) is 28.7 Å². The molecule has 0 aliphatic rings. The number of alkyl halides is 3. The highest BCUT2D eigenvalue weighted by molar-refractivity contribution is 5.90. The summed E-state index contributed by atoms with van der Waals surface area (Å²) in [6, 6.07) is 3.83. The largest absolute Gasteiger partial charge is 0.462 e. The van der Waals surface area contributed by atoms with E-state index in [2.05, 4.69) is 5.10 Å². The van der Waals surface area contributed by atoms with Crippen LogP contribution in [0.15, 0.2) is 24.3 Å². The van der Waals surface area contributed by atoms with Crippen LogP contribution >= 0.6 is 0 Å². The number of halogens is 3. The molecule has 0 spiro atoms. The standard InChI is InChI=1S/C14H12F3N3O4/c1-3-24-13(21)9-4-5-10(11(7-9)20(22)23)19-12(14(15,16)17)6-8(2)18-19/h4-7H,3H2,1-2H3. The Hall–Kier alpha value is -2.91. The monoisotopic (exact) mass is 343 g/mol. The Kier molecular flexibility index (Phi) is 4.58. The minimum Gasteiger partial charge on any atom is -0.462 e. The van der Waals surface area contributed by atoms with Gasteiger partial charge in [0.05, 0.1) is 22.8 Å². The summed E-state index contributed by atoms with van der Waals surface area (Å²) in [6.45, 7) is 2.96. The number of aryl methyl sites for hydroxylation is 1. The molecule has 0 fully saturated rings. The van der Waals surface area contributed by atoms with E-state index in [1.807, 2.05) is 0 Å². The summed E-state index contributed by atoms with van der Waals surface area (Å²) < 4.78 is 44.4. The third-order valence-electron chi connectivity index (χ3n) is 3.03. The number of hydrogen-bond donors (Lipinski definition) is 0. The highest BCUT2D eigenvalue weighted by atomic mass is 19.4. The van der Waals surface area contributed by atoms with Gasteiger partial charge in [0.15, 0.2) is 0 Å². The number of carbonyl (C=O) groups is 1. The second kappa shape index (κ2) is 6.30. The van der Waals surface area contributed by atoms with Gasteiger partial charge in [-0.05, 0) is 32.0 Å². The van der Waals surface area contributed by atoms with Crippen molar-refractivity contribution in [2.24, 2.45) is 0 Å². The van der Waals surface area contributed by atoms with Crippen LogP contribution in [0, 0.1) is 17.0 Å². The Morgan fingerprint density at radius 3 is 2.58 bits per heavy atom. The van der Waals surface area contributed by atoms with E-state index < -0.39 is 34.1 Å². The Bertz CT molecular complexity index is 799. The van der Waals surface area contributed by atoms with Crippen LogP contribution in [0.2, 0.25) is 0 Å². The molecule has 0 bridgehead atoms. The lowest BCUT2D eigenvalue weighted by molar-refractivity contribution is -0.384. The molecule has 2 rings (SSSR count). The summed E-state index contributed by atoms with van der Waals surface area (Å²) in [7, 11) is 0. The molecule has 7 nitrogen and oxygen atoms in total. The van der Waals surface area contributed by atoms with Gasteiger partial charge in [-0.1, -0.05) is 0 Å². The fourth-order valence-corrected chi connectivity index (χ4v) is 2.08. The molecular weight excluding hydrogens is 331 g/mol. The van der Waals surface area contributed by atoms with Gasteiger partial charge in [0, 0.05) is 6.07 Å². The molecule has 0 atom stereocenters. The van der Waals surface area contributed by atoms with Crippen molar-refractivity contribution in [3.63, 3.8) is 0 Å². The number of nitrogens with zero attached hydrogens (tertiary/aromatic N) is 3. The highest BCUT2D eigenvalue weighted by Gasteiger charge is 2.37. The first-order chi connectivity index (χ1) is 11.1. The van der Waals surface area contributed by atoms with Crippen molar-refractivity contribution in [2.75, 3.05) is 6.61 Å². The summed E-state index contributed by atoms with van der Waals surface area (Å²) in [5, 5.41) is 14.9. The van der Waals surface area contributed by atoms with Crippen LogP contribution in [-0.4, -0.2) is 27.3 Å². The van der Waals surface area contributed by atoms with Crippen molar-refractivity contribution in [1.82, 2.24) is 9.78 Å². The molecule has 0 radical (unpaired) electrons. The summed E-state index contributed by atoms with van der Waals surface area (Å²) in [4.78, 5) is 22.0. The van der Waals surface area contributed by atoms with Crippen LogP contribution in [-0.2, 0) is 10.9 Å². The average Bonchev–Trinajstić information content (AvgIpc) is 2.89. The Balaban J connectivity index is 2.64. The van der Waals surface area contributed by atoms with Crippen LogP contribution in [0.4, 0.5) is 18.9 Å². The number of nitro groups is 1. The van der Waals surface area contributed by atoms with E-state index in [4.69, 9.17) is 4.74 Å². The molecule has 0 saturated carbocycles. The van der Waals surface area contributed by atoms with Gasteiger partial charge in [0.25, 0.3) is 5.69 Å². The molecule has 128 valence electrons. The summed E-state index contributed by atoms with van der Waals surface area (Å²) in [5.74, 6) is -0.806. The summed E-state index contributed by atoms with van der Waals surface area (Å²) in [5.41, 5.74) is -2.31. The van der Waals surface area contributed by atoms with Crippen molar-refractivity contribution in [2.45, 2.75) is 20.0 Å². The first-order valence-corrected chi connectivity index (χ1v) is 6.75. The van der Waals surface area contributed by atoms with Gasteiger partial charge >= 0.3 is 12.1 Å². The average molecular weight is 343 g/mol. The zero-order valence-corrected chi connectivity index (χ0v) is 12.6. The SMILES string of the molecule is CCOC(=O)c1ccc(-n2nc(C)cc2C(F)(F)F)c([N+](=O)[O-])c1. The van der Waals surface area contributed by atoms with Gasteiger partial charge in [-0.3, -0.25) is 10.1 Å². The van der Waals surface area contributed by atoms with Crippen LogP contribution < -0.4 is 0 Å². The Labute approximate surface area is 133 Å². The zero-order valence-electron chi connectivity index (χ0n) is 12.6. The van der Waals surface area contributed by atoms with Crippen molar-refractivity contribution < 1.29 is 27.6 Å². The molecule has 24 heavy (non-hydrogen) atoms. The normalized spacial score (nSPS) is 11.4. The van der Waals surface area contributed by atoms with Crippen molar-refractivity contribution in [3.05, 3.63) is 51.3 Å². The first kappa shape index (κ1) is 17.4. The second-order valence-electron chi connectivity index (χ2n) is 4.76. The Morgan fingerprint density at radius 1 is 1.38 bits per heavy atom. The molecule has 0 amide bonds. The van der Waals surface area contributed by atoms with E-state index in [0.29, 0.717) is 4.68 Å². The highest BCUT2D eigenvalue weighted by Crippen LogP contribution is 2.34. The number of carbonyl (C=O) groups excluding carboxylic acids is 1. The number of hydrogen-bond acceptors (Lipinski definition) is 5. The number of aromatic nitrogens is 2. The predicted octanol–water partition coefficient (Wildman–Crippen LogP) is 3.28. The quantitative estimate of drug-likeness (QED) is 0.483. The maximum Gasteiger partial charge on any atom is 0.433 e. The van der Waals surface area contributed by atoms with E-state index in [-0.39, 0.29) is 17.9 Å². The van der Waals surface area contributed by atoms with Gasteiger partial charge in [0.1, 0.15) is 11.4 Å². The smallest absolute Gasteiger partial charge is 0.433 e. The summed E-state index contributed by atoms with van der Waals surface area (Å²) in [6.07, 6.45) is -4.74. The lowest BCUT2D eigenvalue weighted by Gasteiger charge is -2.11. The fraction of sp³-hybridized carbons (Fsp3) is 0.286. The minimum atomic E-state index is -4.74. The molecule has 0 unspecified atom stereocenters. The van der Waals surface area contributed by atoms with E-state index in [0.717, 1.165) is 24.3 Å². The van der Waals surface area contributed by atoms with Crippen molar-refractivity contribution >= 4 is 11.7 Å². The van der Waals surface area contributed by atoms with Crippen molar-refractivity contribution in [1.29, 1.82) is 0 Å². The lowest BCUT2D eigenvalue weighted by Crippen LogP contribution is -2.15. The molecule has 0 aliphatic heterocycles. The van der Waals surface area contributed by atoms with Gasteiger partial charge in [-0.25, -0.2) is 9.48 Å². The molecule has 0 N–H and O–H groups in total. The van der Waals surface area contributed by atoms with Gasteiger partial charge in [-0.15, -0.1) is 0 Å². The third kappa shape index (κ3) is 3.36. The number of esters is 1. The van der Waals surface area contributed by atoms with E-state index in [9.17, 15) is 28.1 Å². The van der Waals surface area contributed by atoms with E-state index in [1.165, 1.54) is 6.92 Å². The maximum absolute atomic E-state index is 13.1. The summed E-state index contributed by atoms with van der Waals surface area (Å²) >= 11 is 0. The second-order valence-corrected chi connectivity index (χ2v) is 4.76. The number of rotatable bonds is 4. The molecule has 1 heterocycles. The lowest BCUT2D eigenvalue weighted by atomic mass is 10.1. The van der Waals surface area contributed by atoms with Gasteiger partial charge in [-0.2, -0.15) is 18.3 Å². The van der Waals surface area contributed by atoms with Gasteiger partial charge < -0.3 is 4.74 Å². The number of ether oxygens (including phenoxy) is 1. The molecule has 1 aromatic carbocycles. The molecule has 10 heteroatoms. The molecule has 2 aromatic rings. The van der Waals surface area contributed by atoms with Crippen molar-refractivity contribution in [3.8, 4) is 5.69 Å². The zero-order chi connectivity index (χ0) is 18.1. The minimum absolute atomic E-state index is 0.0473. The molecule has 0 saturated heterocycles. The van der Waals surface area contributed by atoms with Crippen LogP contribution in [0.5, 0.6) is 0 Å². The number of nitro benzene ring substituents is 1. The maximum atomic E-state index is 13.1. The topological polar surface area (TPSA) is 87.3 Å². The van der Waals surface area contributed by atoms with Gasteiger partial charge in [0.2, 0.25) is 0 Å². The number of benzene rings is 1. The van der Waals surface area contributed by atoms with Crippen LogP contribution in [0.25, 0.3) is 5.69 Å². The van der Waals surface area contributed by atoms with E-state index >= 15 is 0 Å². The third-order valence-corrected chi connectivity index (χ3v) is 3.03. The fourth-order valence-electron chi connectivity index (χ4n) is 2.08. The molecule has 0 aliphatic carbocycles. The predicted molar refractivity (Wildman–Crippen MR) is 75.9 cm³/mol. The van der Waals surface area contributed by atoms with E-state index in [1.54, 1.807) is 6.92 Å². The first-order valence-electron chi connectivity index (χ1n) is 6.75. The molecular formula is C14H12F3N3O4. The molecule has 1 aromatic heterocycles.